The zero-order valence-electron chi connectivity index (χ0n) is 13.5. The van der Waals surface area contributed by atoms with E-state index >= 15 is 0 Å². The second-order valence-electron chi connectivity index (χ2n) is 5.65. The van der Waals surface area contributed by atoms with Crippen LogP contribution in [-0.4, -0.2) is 36.5 Å². The van der Waals surface area contributed by atoms with Crippen molar-refractivity contribution in [1.82, 2.24) is 15.3 Å². The van der Waals surface area contributed by atoms with E-state index in [1.54, 1.807) is 11.3 Å². The van der Waals surface area contributed by atoms with Crippen LogP contribution in [-0.2, 0) is 6.42 Å². The van der Waals surface area contributed by atoms with Gasteiger partial charge < -0.3 is 15.2 Å². The molecule has 0 saturated heterocycles. The number of aromatic amines is 1. The second-order valence-corrected chi connectivity index (χ2v) is 6.71. The molecule has 0 radical (unpaired) electrons. The SMILES string of the molecule is Cc1nc(N(C)C)sc1CCNC(=O)c1cccc2[nH]ccc12. The maximum atomic E-state index is 12.4. The number of carbonyl (C=O) groups is 1. The first kappa shape index (κ1) is 15.6. The van der Waals surface area contributed by atoms with Gasteiger partial charge >= 0.3 is 0 Å². The van der Waals surface area contributed by atoms with Crippen LogP contribution in [0.15, 0.2) is 30.5 Å². The highest BCUT2D eigenvalue weighted by Gasteiger charge is 2.12. The quantitative estimate of drug-likeness (QED) is 0.757. The molecule has 2 heterocycles. The average molecular weight is 328 g/mol. The number of aromatic nitrogens is 2. The summed E-state index contributed by atoms with van der Waals surface area (Å²) < 4.78 is 0. The largest absolute Gasteiger partial charge is 0.361 e. The summed E-state index contributed by atoms with van der Waals surface area (Å²) in [6.07, 6.45) is 2.65. The molecule has 1 aromatic carbocycles. The molecule has 5 nitrogen and oxygen atoms in total. The van der Waals surface area contributed by atoms with Crippen LogP contribution in [0.2, 0.25) is 0 Å². The fourth-order valence-electron chi connectivity index (χ4n) is 2.50. The normalized spacial score (nSPS) is 10.9. The number of thiazole rings is 1. The molecule has 0 atom stereocenters. The van der Waals surface area contributed by atoms with Gasteiger partial charge in [-0.3, -0.25) is 4.79 Å². The van der Waals surface area contributed by atoms with E-state index in [2.05, 4.69) is 15.3 Å². The third-order valence-corrected chi connectivity index (χ3v) is 5.13. The Labute approximate surface area is 139 Å². The molecule has 6 heteroatoms. The van der Waals surface area contributed by atoms with Crippen LogP contribution in [0.1, 0.15) is 20.9 Å². The number of carbonyl (C=O) groups excluding carboxylic acids is 1. The smallest absolute Gasteiger partial charge is 0.251 e. The predicted molar refractivity (Wildman–Crippen MR) is 95.5 cm³/mol. The lowest BCUT2D eigenvalue weighted by atomic mass is 10.1. The number of hydrogen-bond acceptors (Lipinski definition) is 4. The molecule has 0 aliphatic rings. The fraction of sp³-hybridized carbons (Fsp3) is 0.294. The van der Waals surface area contributed by atoms with Gasteiger partial charge in [0.2, 0.25) is 0 Å². The van der Waals surface area contributed by atoms with E-state index in [1.807, 2.05) is 56.4 Å². The average Bonchev–Trinajstić information content (AvgIpc) is 3.13. The predicted octanol–water partition coefficient (Wildman–Crippen LogP) is 2.97. The van der Waals surface area contributed by atoms with Crippen LogP contribution in [0.25, 0.3) is 10.9 Å². The number of amides is 1. The zero-order chi connectivity index (χ0) is 16.4. The minimum Gasteiger partial charge on any atom is -0.361 e. The lowest BCUT2D eigenvalue weighted by Crippen LogP contribution is -2.25. The van der Waals surface area contributed by atoms with E-state index in [-0.39, 0.29) is 5.91 Å². The molecular weight excluding hydrogens is 308 g/mol. The summed E-state index contributed by atoms with van der Waals surface area (Å²) in [6, 6.07) is 7.65. The summed E-state index contributed by atoms with van der Waals surface area (Å²) in [5, 5.41) is 4.96. The molecule has 23 heavy (non-hydrogen) atoms. The molecule has 0 saturated carbocycles. The second kappa shape index (κ2) is 6.42. The summed E-state index contributed by atoms with van der Waals surface area (Å²) in [7, 11) is 3.97. The topological polar surface area (TPSA) is 61.0 Å². The molecule has 3 aromatic rings. The van der Waals surface area contributed by atoms with Crippen molar-refractivity contribution in [2.75, 3.05) is 25.5 Å². The number of rotatable bonds is 5. The van der Waals surface area contributed by atoms with Gasteiger partial charge in [0, 0.05) is 54.6 Å². The van der Waals surface area contributed by atoms with Gasteiger partial charge in [-0.2, -0.15) is 0 Å². The molecule has 2 N–H and O–H groups in total. The minimum absolute atomic E-state index is 0.0369. The Balaban J connectivity index is 1.65. The van der Waals surface area contributed by atoms with Crippen molar-refractivity contribution in [2.24, 2.45) is 0 Å². The first-order valence-corrected chi connectivity index (χ1v) is 8.36. The number of hydrogen-bond donors (Lipinski definition) is 2. The molecule has 0 unspecified atom stereocenters. The van der Waals surface area contributed by atoms with Gasteiger partial charge in [0.05, 0.1) is 5.69 Å². The maximum Gasteiger partial charge on any atom is 0.251 e. The highest BCUT2D eigenvalue weighted by molar-refractivity contribution is 7.15. The van der Waals surface area contributed by atoms with Crippen molar-refractivity contribution < 1.29 is 4.79 Å². The molecule has 2 aromatic heterocycles. The number of benzene rings is 1. The van der Waals surface area contributed by atoms with E-state index in [0.29, 0.717) is 12.1 Å². The summed E-state index contributed by atoms with van der Waals surface area (Å²) >= 11 is 1.68. The van der Waals surface area contributed by atoms with Gasteiger partial charge in [-0.15, -0.1) is 11.3 Å². The van der Waals surface area contributed by atoms with Crippen molar-refractivity contribution in [3.63, 3.8) is 0 Å². The summed E-state index contributed by atoms with van der Waals surface area (Å²) in [4.78, 5) is 23.3. The minimum atomic E-state index is -0.0369. The van der Waals surface area contributed by atoms with Gasteiger partial charge in [-0.1, -0.05) is 6.07 Å². The van der Waals surface area contributed by atoms with Crippen LogP contribution in [0.3, 0.4) is 0 Å². The van der Waals surface area contributed by atoms with E-state index in [4.69, 9.17) is 0 Å². The Kier molecular flexibility index (Phi) is 4.34. The van der Waals surface area contributed by atoms with Crippen molar-refractivity contribution in [1.29, 1.82) is 0 Å². The number of nitrogens with one attached hydrogen (secondary N) is 2. The molecular formula is C17H20N4OS. The Bertz CT molecular complexity index is 834. The lowest BCUT2D eigenvalue weighted by Gasteiger charge is -2.06. The maximum absolute atomic E-state index is 12.4. The van der Waals surface area contributed by atoms with Gasteiger partial charge in [-0.25, -0.2) is 4.98 Å². The van der Waals surface area contributed by atoms with Gasteiger partial charge in [0.25, 0.3) is 5.91 Å². The highest BCUT2D eigenvalue weighted by atomic mass is 32.1. The van der Waals surface area contributed by atoms with Crippen molar-refractivity contribution in [3.05, 3.63) is 46.6 Å². The standard InChI is InChI=1S/C17H20N4OS/c1-11-15(23-17(20-11)21(2)3)8-10-19-16(22)13-5-4-6-14-12(13)7-9-18-14/h4-7,9,18H,8,10H2,1-3H3,(H,19,22). The van der Waals surface area contributed by atoms with Crippen LogP contribution >= 0.6 is 11.3 Å². The molecule has 0 spiro atoms. The first-order chi connectivity index (χ1) is 11.1. The van der Waals surface area contributed by atoms with Crippen LogP contribution in [0, 0.1) is 6.92 Å². The number of nitrogens with zero attached hydrogens (tertiary/aromatic N) is 2. The number of fused-ring (bicyclic) bond motifs is 1. The van der Waals surface area contributed by atoms with Gasteiger partial charge in [0.15, 0.2) is 5.13 Å². The van der Waals surface area contributed by atoms with Gasteiger partial charge in [-0.05, 0) is 25.1 Å². The molecule has 120 valence electrons. The van der Waals surface area contributed by atoms with Gasteiger partial charge in [0.1, 0.15) is 0 Å². The van der Waals surface area contributed by atoms with E-state index < -0.39 is 0 Å². The van der Waals surface area contributed by atoms with E-state index in [9.17, 15) is 4.79 Å². The van der Waals surface area contributed by atoms with Crippen LogP contribution < -0.4 is 10.2 Å². The van der Waals surface area contributed by atoms with Crippen LogP contribution in [0.4, 0.5) is 5.13 Å². The number of anilines is 1. The van der Waals surface area contributed by atoms with E-state index in [1.165, 1.54) is 4.88 Å². The molecule has 0 aliphatic heterocycles. The Hall–Kier alpha value is -2.34. The number of H-pyrrole nitrogens is 1. The Morgan fingerprint density at radius 1 is 1.35 bits per heavy atom. The third kappa shape index (κ3) is 3.22. The number of aryl methyl sites for hydroxylation is 1. The molecule has 1 amide bonds. The summed E-state index contributed by atoms with van der Waals surface area (Å²) in [5.74, 6) is -0.0369. The summed E-state index contributed by atoms with van der Waals surface area (Å²) in [5.41, 5.74) is 2.73. The monoisotopic (exact) mass is 328 g/mol. The van der Waals surface area contributed by atoms with Crippen LogP contribution in [0.5, 0.6) is 0 Å². The zero-order valence-corrected chi connectivity index (χ0v) is 14.3. The first-order valence-electron chi connectivity index (χ1n) is 7.54. The Morgan fingerprint density at radius 3 is 2.91 bits per heavy atom. The van der Waals surface area contributed by atoms with Crippen molar-refractivity contribution in [3.8, 4) is 0 Å². The van der Waals surface area contributed by atoms with E-state index in [0.717, 1.165) is 28.1 Å². The van der Waals surface area contributed by atoms with Crippen molar-refractivity contribution in [2.45, 2.75) is 13.3 Å². The molecule has 0 bridgehead atoms. The molecule has 0 fully saturated rings. The lowest BCUT2D eigenvalue weighted by molar-refractivity contribution is 0.0956. The highest BCUT2D eigenvalue weighted by Crippen LogP contribution is 2.24. The Morgan fingerprint density at radius 2 is 2.17 bits per heavy atom. The molecule has 3 rings (SSSR count). The third-order valence-electron chi connectivity index (χ3n) is 3.74. The van der Waals surface area contributed by atoms with Crippen molar-refractivity contribution >= 4 is 33.3 Å². The fourth-order valence-corrected chi connectivity index (χ4v) is 3.49. The molecule has 0 aliphatic carbocycles. The summed E-state index contributed by atoms with van der Waals surface area (Å²) in [6.45, 7) is 2.62.